The van der Waals surface area contributed by atoms with Gasteiger partial charge >= 0.3 is 0 Å². The van der Waals surface area contributed by atoms with E-state index in [2.05, 4.69) is 233 Å². The standard InChI is InChI=1S/C56H49NSi/c1-55(2)35-36-56(3,4)51-38-42(31-33-50(51)55)41-21-18-22-43(37-41)57(52-29-16-14-27-47(52)40-19-8-5-9-20-40)44-32-34-54-49(39-44)48-28-15-17-30-53(48)58(54,45-23-10-6-11-24-45)46-25-12-7-13-26-46/h5-34,37-39H,35-36H2,1-4H3. The summed E-state index contributed by atoms with van der Waals surface area (Å²) >= 11 is 0. The van der Waals surface area contributed by atoms with Gasteiger partial charge in [-0.3, -0.25) is 0 Å². The first kappa shape index (κ1) is 36.1. The van der Waals surface area contributed by atoms with Gasteiger partial charge in [-0.1, -0.05) is 198 Å². The van der Waals surface area contributed by atoms with Gasteiger partial charge in [-0.15, -0.1) is 0 Å². The minimum Gasteiger partial charge on any atom is -0.310 e. The van der Waals surface area contributed by atoms with E-state index in [0.717, 1.165) is 17.1 Å². The van der Waals surface area contributed by atoms with Crippen LogP contribution in [0.4, 0.5) is 17.1 Å². The lowest BCUT2D eigenvalue weighted by Crippen LogP contribution is -2.72. The van der Waals surface area contributed by atoms with Crippen molar-refractivity contribution in [2.45, 2.75) is 51.4 Å². The van der Waals surface area contributed by atoms with Crippen molar-refractivity contribution in [1.82, 2.24) is 0 Å². The van der Waals surface area contributed by atoms with Crippen LogP contribution >= 0.6 is 0 Å². The fourth-order valence-corrected chi connectivity index (χ4v) is 15.3. The number of anilines is 3. The lowest BCUT2D eigenvalue weighted by atomic mass is 9.63. The zero-order valence-corrected chi connectivity index (χ0v) is 34.9. The molecule has 0 fully saturated rings. The van der Waals surface area contributed by atoms with Crippen LogP contribution in [0, 0.1) is 0 Å². The van der Waals surface area contributed by atoms with Gasteiger partial charge in [0.25, 0.3) is 0 Å². The van der Waals surface area contributed by atoms with Crippen molar-refractivity contribution >= 4 is 45.9 Å². The molecule has 0 spiro atoms. The van der Waals surface area contributed by atoms with Crippen LogP contribution in [0.25, 0.3) is 33.4 Å². The number of hydrogen-bond acceptors (Lipinski definition) is 1. The van der Waals surface area contributed by atoms with Crippen molar-refractivity contribution in [2.24, 2.45) is 0 Å². The van der Waals surface area contributed by atoms with E-state index in [-0.39, 0.29) is 10.8 Å². The fraction of sp³-hybridized carbons (Fsp3) is 0.143. The summed E-state index contributed by atoms with van der Waals surface area (Å²) in [6, 6.07) is 75.2. The summed E-state index contributed by atoms with van der Waals surface area (Å²) in [6.07, 6.45) is 2.41. The Hall–Kier alpha value is -6.22. The zero-order chi connectivity index (χ0) is 39.5. The Labute approximate surface area is 345 Å². The van der Waals surface area contributed by atoms with Crippen molar-refractivity contribution in [3.05, 3.63) is 211 Å². The zero-order valence-electron chi connectivity index (χ0n) is 33.9. The normalized spacial score (nSPS) is 15.5. The number of nitrogens with zero attached hydrogens (tertiary/aromatic N) is 1. The van der Waals surface area contributed by atoms with Crippen LogP contribution in [-0.2, 0) is 10.8 Å². The molecule has 0 saturated carbocycles. The van der Waals surface area contributed by atoms with Crippen LogP contribution in [-0.4, -0.2) is 8.07 Å². The van der Waals surface area contributed by atoms with Gasteiger partial charge in [-0.25, -0.2) is 0 Å². The minimum absolute atomic E-state index is 0.137. The average molecular weight is 764 g/mol. The molecule has 0 radical (unpaired) electrons. The van der Waals surface area contributed by atoms with Crippen molar-refractivity contribution < 1.29 is 0 Å². The third-order valence-corrected chi connectivity index (χ3v) is 18.1. The highest BCUT2D eigenvalue weighted by Crippen LogP contribution is 2.48. The van der Waals surface area contributed by atoms with E-state index in [0.29, 0.717) is 0 Å². The Morgan fingerprint density at radius 3 is 1.62 bits per heavy atom. The molecule has 0 bridgehead atoms. The molecule has 1 aliphatic carbocycles. The van der Waals surface area contributed by atoms with Crippen LogP contribution in [0.2, 0.25) is 0 Å². The van der Waals surface area contributed by atoms with Gasteiger partial charge in [0.1, 0.15) is 0 Å². The second-order valence-corrected chi connectivity index (χ2v) is 21.3. The molecule has 8 aromatic carbocycles. The van der Waals surface area contributed by atoms with Gasteiger partial charge in [0.15, 0.2) is 8.07 Å². The summed E-state index contributed by atoms with van der Waals surface area (Å²) in [5.41, 5.74) is 14.3. The predicted octanol–water partition coefficient (Wildman–Crippen LogP) is 12.2. The molecule has 1 aliphatic heterocycles. The van der Waals surface area contributed by atoms with Gasteiger partial charge < -0.3 is 4.90 Å². The molecule has 10 rings (SSSR count). The molecule has 0 N–H and O–H groups in total. The molecule has 8 aromatic rings. The summed E-state index contributed by atoms with van der Waals surface area (Å²) in [5.74, 6) is 0. The molecule has 58 heavy (non-hydrogen) atoms. The summed E-state index contributed by atoms with van der Waals surface area (Å²) < 4.78 is 0. The molecular formula is C56H49NSi. The second kappa shape index (κ2) is 14.0. The summed E-state index contributed by atoms with van der Waals surface area (Å²) in [5, 5.41) is 5.72. The van der Waals surface area contributed by atoms with E-state index in [4.69, 9.17) is 0 Å². The van der Waals surface area contributed by atoms with Crippen LogP contribution in [0.15, 0.2) is 200 Å². The maximum atomic E-state index is 2.49. The quantitative estimate of drug-likeness (QED) is 0.146. The number of para-hydroxylation sites is 1. The highest BCUT2D eigenvalue weighted by molar-refractivity contribution is 7.22. The molecule has 2 heteroatoms. The van der Waals surface area contributed by atoms with Crippen molar-refractivity contribution in [1.29, 1.82) is 0 Å². The Bertz CT molecular complexity index is 2740. The Balaban J connectivity index is 1.20. The van der Waals surface area contributed by atoms with Crippen LogP contribution < -0.4 is 25.6 Å². The first-order chi connectivity index (χ1) is 28.3. The van der Waals surface area contributed by atoms with Gasteiger partial charge in [0.2, 0.25) is 0 Å². The Kier molecular flexibility index (Phi) is 8.73. The summed E-state index contributed by atoms with van der Waals surface area (Å²) in [4.78, 5) is 2.49. The third kappa shape index (κ3) is 5.81. The first-order valence-corrected chi connectivity index (χ1v) is 22.8. The topological polar surface area (TPSA) is 3.24 Å². The van der Waals surface area contributed by atoms with E-state index in [1.807, 2.05) is 0 Å². The monoisotopic (exact) mass is 763 g/mol. The highest BCUT2D eigenvalue weighted by Gasteiger charge is 2.48. The van der Waals surface area contributed by atoms with Gasteiger partial charge in [0, 0.05) is 16.9 Å². The maximum absolute atomic E-state index is 2.61. The SMILES string of the molecule is CC1(C)CCC(C)(C)c2cc(-c3cccc(N(c4ccc5c(c4)-c4ccccc4[Si]5(c4ccccc4)c4ccccc4)c4ccccc4-c4ccccc4)c3)ccc21. The van der Waals surface area contributed by atoms with Gasteiger partial charge in [-0.2, -0.15) is 0 Å². The van der Waals surface area contributed by atoms with Crippen LogP contribution in [0.5, 0.6) is 0 Å². The number of fused-ring (bicyclic) bond motifs is 4. The van der Waals surface area contributed by atoms with Gasteiger partial charge in [0.05, 0.1) is 5.69 Å². The predicted molar refractivity (Wildman–Crippen MR) is 250 cm³/mol. The molecule has 1 heterocycles. The molecule has 282 valence electrons. The first-order valence-electron chi connectivity index (χ1n) is 20.8. The van der Waals surface area contributed by atoms with Crippen molar-refractivity contribution in [3.63, 3.8) is 0 Å². The lowest BCUT2D eigenvalue weighted by Gasteiger charge is -2.42. The molecule has 0 amide bonds. The molecule has 0 saturated heterocycles. The number of benzene rings is 8. The number of rotatable bonds is 7. The van der Waals surface area contributed by atoms with E-state index in [1.165, 1.54) is 78.1 Å². The third-order valence-electron chi connectivity index (χ3n) is 13.2. The van der Waals surface area contributed by atoms with E-state index < -0.39 is 8.07 Å². The van der Waals surface area contributed by atoms with Crippen molar-refractivity contribution in [3.8, 4) is 33.4 Å². The summed E-state index contributed by atoms with van der Waals surface area (Å²) in [6.45, 7) is 9.65. The molecule has 0 aromatic heterocycles. The average Bonchev–Trinajstić information content (AvgIpc) is 3.57. The van der Waals surface area contributed by atoms with Crippen LogP contribution in [0.1, 0.15) is 51.7 Å². The van der Waals surface area contributed by atoms with E-state index in [1.54, 1.807) is 0 Å². The number of hydrogen-bond donors (Lipinski definition) is 0. The lowest BCUT2D eigenvalue weighted by molar-refractivity contribution is 0.332. The molecule has 1 nitrogen and oxygen atoms in total. The van der Waals surface area contributed by atoms with Crippen LogP contribution in [0.3, 0.4) is 0 Å². The van der Waals surface area contributed by atoms with E-state index in [9.17, 15) is 0 Å². The molecule has 2 aliphatic rings. The van der Waals surface area contributed by atoms with Gasteiger partial charge in [-0.05, 0) is 114 Å². The largest absolute Gasteiger partial charge is 0.310 e. The molecule has 0 unspecified atom stereocenters. The molecular weight excluding hydrogens is 715 g/mol. The Morgan fingerprint density at radius 1 is 0.379 bits per heavy atom. The second-order valence-electron chi connectivity index (χ2n) is 17.6. The summed E-state index contributed by atoms with van der Waals surface area (Å²) in [7, 11) is -2.61. The highest BCUT2D eigenvalue weighted by atomic mass is 28.3. The Morgan fingerprint density at radius 2 is 0.914 bits per heavy atom. The molecule has 0 atom stereocenters. The minimum atomic E-state index is -2.61. The fourth-order valence-electron chi connectivity index (χ4n) is 10.1. The maximum Gasteiger partial charge on any atom is 0.180 e. The smallest absolute Gasteiger partial charge is 0.180 e. The van der Waals surface area contributed by atoms with E-state index >= 15 is 0 Å². The van der Waals surface area contributed by atoms with Crippen molar-refractivity contribution in [2.75, 3.05) is 4.90 Å².